The van der Waals surface area contributed by atoms with Crippen molar-refractivity contribution in [2.75, 3.05) is 13.7 Å². The number of methoxy groups -OCH3 is 1. The van der Waals surface area contributed by atoms with Gasteiger partial charge < -0.3 is 18.8 Å². The number of ether oxygens (including phenoxy) is 3. The molecular formula is C11H12N2O4S. The van der Waals surface area contributed by atoms with E-state index in [0.29, 0.717) is 23.3 Å². The smallest absolute Gasteiger partial charge is 0.482 e. The molecule has 0 fully saturated rings. The fourth-order valence-electron chi connectivity index (χ4n) is 1.23. The Balaban J connectivity index is 1.78. The lowest BCUT2D eigenvalue weighted by molar-refractivity contribution is 0.123. The zero-order chi connectivity index (χ0) is 12.8. The summed E-state index contributed by atoms with van der Waals surface area (Å²) in [4.78, 5) is 14.8. The third-order valence-electron chi connectivity index (χ3n) is 2.06. The fraction of sp³-hybridized carbons (Fsp3) is 0.273. The van der Waals surface area contributed by atoms with E-state index in [1.165, 1.54) is 18.4 Å². The highest BCUT2D eigenvalue weighted by molar-refractivity contribution is 7.15. The molecule has 0 bridgehead atoms. The molecule has 0 aliphatic rings. The van der Waals surface area contributed by atoms with Crippen molar-refractivity contribution in [2.45, 2.75) is 6.54 Å². The van der Waals surface area contributed by atoms with E-state index in [2.05, 4.69) is 9.72 Å². The van der Waals surface area contributed by atoms with E-state index in [9.17, 15) is 4.79 Å². The second-order valence-electron chi connectivity index (χ2n) is 3.28. The van der Waals surface area contributed by atoms with Crippen molar-refractivity contribution < 1.29 is 19.0 Å². The molecule has 96 valence electrons. The Kier molecular flexibility index (Phi) is 4.19. The van der Waals surface area contributed by atoms with Crippen LogP contribution in [0.5, 0.6) is 10.1 Å². The van der Waals surface area contributed by atoms with Crippen LogP contribution in [0.4, 0.5) is 4.79 Å². The van der Waals surface area contributed by atoms with Crippen LogP contribution in [0.15, 0.2) is 30.9 Å². The number of carbonyl (C=O) groups excluding carboxylic acids is 1. The van der Waals surface area contributed by atoms with Gasteiger partial charge in [0.15, 0.2) is 10.1 Å². The molecule has 6 nitrogen and oxygen atoms in total. The van der Waals surface area contributed by atoms with Crippen molar-refractivity contribution in [1.29, 1.82) is 0 Å². The Bertz CT molecular complexity index is 495. The molecule has 0 spiro atoms. The minimum atomic E-state index is -0.734. The molecule has 0 aliphatic carbocycles. The first-order valence-electron chi connectivity index (χ1n) is 5.22. The van der Waals surface area contributed by atoms with E-state index in [1.54, 1.807) is 24.7 Å². The molecule has 0 aliphatic heterocycles. The van der Waals surface area contributed by atoms with Crippen LogP contribution >= 0.6 is 11.3 Å². The van der Waals surface area contributed by atoms with E-state index in [1.807, 2.05) is 10.8 Å². The van der Waals surface area contributed by atoms with Crippen molar-refractivity contribution >= 4 is 17.5 Å². The molecule has 0 unspecified atom stereocenters. The van der Waals surface area contributed by atoms with Crippen molar-refractivity contribution in [3.05, 3.63) is 30.9 Å². The number of imidazole rings is 1. The van der Waals surface area contributed by atoms with Crippen LogP contribution in [0.3, 0.4) is 0 Å². The monoisotopic (exact) mass is 268 g/mol. The van der Waals surface area contributed by atoms with E-state index in [-0.39, 0.29) is 0 Å². The van der Waals surface area contributed by atoms with Crippen molar-refractivity contribution in [3.8, 4) is 10.1 Å². The first kappa shape index (κ1) is 12.4. The highest BCUT2D eigenvalue weighted by Gasteiger charge is 2.07. The SMILES string of the molecule is COC(=O)Oc1ccc(OCCn2ccnc2)s1. The average Bonchev–Trinajstić information content (AvgIpc) is 3.01. The maximum absolute atomic E-state index is 10.9. The summed E-state index contributed by atoms with van der Waals surface area (Å²) in [6.07, 6.45) is 4.57. The van der Waals surface area contributed by atoms with Gasteiger partial charge in [0, 0.05) is 12.4 Å². The molecule has 0 saturated carbocycles. The minimum Gasteiger partial charge on any atom is -0.482 e. The molecule has 0 atom stereocenters. The Morgan fingerprint density at radius 2 is 2.28 bits per heavy atom. The Labute approximate surface area is 108 Å². The lowest BCUT2D eigenvalue weighted by Crippen LogP contribution is -2.06. The maximum atomic E-state index is 10.9. The molecule has 2 rings (SSSR count). The summed E-state index contributed by atoms with van der Waals surface area (Å²) >= 11 is 1.24. The maximum Gasteiger partial charge on any atom is 0.514 e. The first-order chi connectivity index (χ1) is 8.78. The van der Waals surface area contributed by atoms with Crippen LogP contribution in [-0.4, -0.2) is 29.4 Å². The summed E-state index contributed by atoms with van der Waals surface area (Å²) < 4.78 is 16.7. The van der Waals surface area contributed by atoms with Crippen molar-refractivity contribution in [3.63, 3.8) is 0 Å². The third kappa shape index (κ3) is 3.49. The van der Waals surface area contributed by atoms with Gasteiger partial charge >= 0.3 is 6.16 Å². The molecule has 18 heavy (non-hydrogen) atoms. The number of nitrogens with zero attached hydrogens (tertiary/aromatic N) is 2. The molecule has 2 heterocycles. The minimum absolute atomic E-state index is 0.444. The lowest BCUT2D eigenvalue weighted by atomic mass is 10.6. The molecule has 0 amide bonds. The van der Waals surface area contributed by atoms with Gasteiger partial charge in [-0.2, -0.15) is 0 Å². The highest BCUT2D eigenvalue weighted by atomic mass is 32.1. The van der Waals surface area contributed by atoms with Gasteiger partial charge in [0.1, 0.15) is 6.61 Å². The normalized spacial score (nSPS) is 10.1. The lowest BCUT2D eigenvalue weighted by Gasteiger charge is -2.03. The van der Waals surface area contributed by atoms with Crippen molar-refractivity contribution in [2.24, 2.45) is 0 Å². The summed E-state index contributed by atoms with van der Waals surface area (Å²) in [6.45, 7) is 1.24. The van der Waals surface area contributed by atoms with Crippen LogP contribution in [0.25, 0.3) is 0 Å². The number of rotatable bonds is 5. The predicted molar refractivity (Wildman–Crippen MR) is 65.1 cm³/mol. The van der Waals surface area contributed by atoms with E-state index >= 15 is 0 Å². The topological polar surface area (TPSA) is 62.6 Å². The average molecular weight is 268 g/mol. The number of hydrogen-bond donors (Lipinski definition) is 0. The van der Waals surface area contributed by atoms with Gasteiger partial charge in [-0.15, -0.1) is 0 Å². The molecule has 2 aromatic heterocycles. The summed E-state index contributed by atoms with van der Waals surface area (Å²) in [5.74, 6) is 0. The number of hydrogen-bond acceptors (Lipinski definition) is 6. The van der Waals surface area contributed by atoms with Gasteiger partial charge in [0.05, 0.1) is 20.0 Å². The van der Waals surface area contributed by atoms with Gasteiger partial charge in [-0.25, -0.2) is 9.78 Å². The van der Waals surface area contributed by atoms with Crippen LogP contribution in [0, 0.1) is 0 Å². The number of aromatic nitrogens is 2. The molecule has 0 saturated heterocycles. The van der Waals surface area contributed by atoms with E-state index < -0.39 is 6.16 Å². The molecule has 0 N–H and O–H groups in total. The quantitative estimate of drug-likeness (QED) is 0.778. The second-order valence-corrected chi connectivity index (χ2v) is 4.29. The van der Waals surface area contributed by atoms with Crippen molar-refractivity contribution in [1.82, 2.24) is 9.55 Å². The molecule has 0 radical (unpaired) electrons. The Hall–Kier alpha value is -2.02. The van der Waals surface area contributed by atoms with Gasteiger partial charge in [-0.1, -0.05) is 11.3 Å². The molecular weight excluding hydrogens is 256 g/mol. The van der Waals surface area contributed by atoms with Gasteiger partial charge in [0.25, 0.3) is 0 Å². The number of thiophene rings is 1. The standard InChI is InChI=1S/C11H12N2O4S/c1-15-11(14)17-10-3-2-9(18-10)16-7-6-13-5-4-12-8-13/h2-5,8H,6-7H2,1H3. The van der Waals surface area contributed by atoms with Gasteiger partial charge in [-0.05, 0) is 12.1 Å². The molecule has 7 heteroatoms. The molecule has 2 aromatic rings. The van der Waals surface area contributed by atoms with Gasteiger partial charge in [0.2, 0.25) is 0 Å². The predicted octanol–water partition coefficient (Wildman–Crippen LogP) is 2.17. The van der Waals surface area contributed by atoms with Crippen LogP contribution in [-0.2, 0) is 11.3 Å². The van der Waals surface area contributed by atoms with Crippen LogP contribution in [0.1, 0.15) is 0 Å². The van der Waals surface area contributed by atoms with Crippen LogP contribution in [0.2, 0.25) is 0 Å². The second kappa shape index (κ2) is 6.06. The zero-order valence-electron chi connectivity index (χ0n) is 9.74. The summed E-state index contributed by atoms with van der Waals surface area (Å²) in [5, 5.41) is 1.13. The fourth-order valence-corrected chi connectivity index (χ4v) is 1.95. The van der Waals surface area contributed by atoms with Gasteiger partial charge in [-0.3, -0.25) is 0 Å². The highest BCUT2D eigenvalue weighted by Crippen LogP contribution is 2.31. The third-order valence-corrected chi connectivity index (χ3v) is 2.94. The Morgan fingerprint density at radius 3 is 3.00 bits per heavy atom. The number of carbonyl (C=O) groups is 1. The summed E-state index contributed by atoms with van der Waals surface area (Å²) in [5.41, 5.74) is 0. The largest absolute Gasteiger partial charge is 0.514 e. The van der Waals surface area contributed by atoms with Crippen LogP contribution < -0.4 is 9.47 Å². The summed E-state index contributed by atoms with van der Waals surface area (Å²) in [7, 11) is 1.26. The summed E-state index contributed by atoms with van der Waals surface area (Å²) in [6, 6.07) is 3.41. The first-order valence-corrected chi connectivity index (χ1v) is 6.04. The Morgan fingerprint density at radius 1 is 1.44 bits per heavy atom. The van der Waals surface area contributed by atoms with E-state index in [0.717, 1.165) is 0 Å². The zero-order valence-corrected chi connectivity index (χ0v) is 10.6. The van der Waals surface area contributed by atoms with E-state index in [4.69, 9.17) is 9.47 Å². The molecule has 0 aromatic carbocycles.